The van der Waals surface area contributed by atoms with E-state index in [1.807, 2.05) is 97.0 Å². The van der Waals surface area contributed by atoms with Crippen molar-refractivity contribution in [2.75, 3.05) is 11.1 Å². The SMILES string of the molecule is Cc1nn(-c2ccccc2)c(C)c1NC(=O)CSc1ncc(-c2ccccc2)n1C. The highest BCUT2D eigenvalue weighted by atomic mass is 32.2. The van der Waals surface area contributed by atoms with Gasteiger partial charge >= 0.3 is 0 Å². The largest absolute Gasteiger partial charge is 0.322 e. The average molecular weight is 418 g/mol. The third kappa shape index (κ3) is 4.02. The standard InChI is InChI=1S/C23H23N5OS/c1-16-22(17(2)28(26-16)19-12-8-5-9-13-19)25-21(29)15-30-23-24-14-20(27(23)3)18-10-6-4-7-11-18/h4-14H,15H2,1-3H3,(H,25,29). The van der Waals surface area contributed by atoms with E-state index < -0.39 is 0 Å². The van der Waals surface area contributed by atoms with Crippen LogP contribution in [-0.2, 0) is 11.8 Å². The summed E-state index contributed by atoms with van der Waals surface area (Å²) in [6, 6.07) is 20.0. The summed E-state index contributed by atoms with van der Waals surface area (Å²) in [5.41, 5.74) is 5.54. The molecule has 1 amide bonds. The van der Waals surface area contributed by atoms with Gasteiger partial charge in [-0.2, -0.15) is 5.10 Å². The number of rotatable bonds is 6. The Hall–Kier alpha value is -3.32. The number of thioether (sulfide) groups is 1. The van der Waals surface area contributed by atoms with Gasteiger partial charge in [-0.05, 0) is 31.5 Å². The Morgan fingerprint density at radius 1 is 1.03 bits per heavy atom. The molecule has 2 heterocycles. The number of nitrogens with one attached hydrogen (secondary N) is 1. The summed E-state index contributed by atoms with van der Waals surface area (Å²) >= 11 is 1.42. The summed E-state index contributed by atoms with van der Waals surface area (Å²) in [6.45, 7) is 3.86. The topological polar surface area (TPSA) is 64.7 Å². The number of amides is 1. The zero-order valence-electron chi connectivity index (χ0n) is 17.2. The first-order chi connectivity index (χ1) is 14.5. The minimum absolute atomic E-state index is 0.0805. The first kappa shape index (κ1) is 20.0. The van der Waals surface area contributed by atoms with Gasteiger partial charge in [0.2, 0.25) is 5.91 Å². The van der Waals surface area contributed by atoms with E-state index >= 15 is 0 Å². The van der Waals surface area contributed by atoms with Crippen molar-refractivity contribution in [2.24, 2.45) is 7.05 Å². The Kier molecular flexibility index (Phi) is 5.72. The van der Waals surface area contributed by atoms with Gasteiger partial charge in [0.05, 0.1) is 40.4 Å². The molecule has 0 saturated heterocycles. The van der Waals surface area contributed by atoms with E-state index in [0.717, 1.165) is 39.2 Å². The van der Waals surface area contributed by atoms with Crippen LogP contribution in [0.1, 0.15) is 11.4 Å². The van der Waals surface area contributed by atoms with Crippen LogP contribution >= 0.6 is 11.8 Å². The van der Waals surface area contributed by atoms with Crippen molar-refractivity contribution in [2.45, 2.75) is 19.0 Å². The van der Waals surface area contributed by atoms with Gasteiger partial charge in [-0.25, -0.2) is 9.67 Å². The maximum absolute atomic E-state index is 12.6. The summed E-state index contributed by atoms with van der Waals surface area (Å²) in [5.74, 6) is 0.192. The predicted molar refractivity (Wildman–Crippen MR) is 121 cm³/mol. The molecule has 4 aromatic rings. The Morgan fingerprint density at radius 2 is 1.70 bits per heavy atom. The molecule has 0 radical (unpaired) electrons. The highest BCUT2D eigenvalue weighted by Gasteiger charge is 2.16. The van der Waals surface area contributed by atoms with Gasteiger partial charge in [-0.3, -0.25) is 4.79 Å². The van der Waals surface area contributed by atoms with Crippen LogP contribution in [-0.4, -0.2) is 31.0 Å². The normalized spacial score (nSPS) is 10.9. The van der Waals surface area contributed by atoms with Gasteiger partial charge in [0.1, 0.15) is 0 Å². The maximum atomic E-state index is 12.6. The quantitative estimate of drug-likeness (QED) is 0.465. The number of anilines is 1. The van der Waals surface area contributed by atoms with Crippen molar-refractivity contribution in [3.05, 3.63) is 78.2 Å². The number of imidazole rings is 1. The molecule has 0 aliphatic carbocycles. The summed E-state index contributed by atoms with van der Waals surface area (Å²) in [7, 11) is 1.97. The number of para-hydroxylation sites is 1. The first-order valence-electron chi connectivity index (χ1n) is 9.66. The second-order valence-corrected chi connectivity index (χ2v) is 7.92. The molecule has 2 aromatic heterocycles. The van der Waals surface area contributed by atoms with E-state index in [4.69, 9.17) is 0 Å². The molecule has 7 heteroatoms. The molecular weight excluding hydrogens is 394 g/mol. The lowest BCUT2D eigenvalue weighted by molar-refractivity contribution is -0.113. The van der Waals surface area contributed by atoms with Crippen molar-refractivity contribution in [3.63, 3.8) is 0 Å². The third-order valence-electron chi connectivity index (χ3n) is 4.90. The lowest BCUT2D eigenvalue weighted by Gasteiger charge is -2.08. The van der Waals surface area contributed by atoms with E-state index in [1.54, 1.807) is 0 Å². The summed E-state index contributed by atoms with van der Waals surface area (Å²) < 4.78 is 3.86. The van der Waals surface area contributed by atoms with Crippen molar-refractivity contribution < 1.29 is 4.79 Å². The first-order valence-corrected chi connectivity index (χ1v) is 10.6. The van der Waals surface area contributed by atoms with E-state index in [0.29, 0.717) is 0 Å². The molecule has 152 valence electrons. The highest BCUT2D eigenvalue weighted by molar-refractivity contribution is 7.99. The molecule has 4 rings (SSSR count). The summed E-state index contributed by atoms with van der Waals surface area (Å²) in [6.07, 6.45) is 1.84. The fourth-order valence-corrected chi connectivity index (χ4v) is 4.11. The number of aromatic nitrogens is 4. The number of benzene rings is 2. The van der Waals surface area contributed by atoms with Crippen LogP contribution in [0.15, 0.2) is 72.0 Å². The Labute approximate surface area is 180 Å². The third-order valence-corrected chi connectivity index (χ3v) is 5.95. The minimum atomic E-state index is -0.0805. The number of hydrogen-bond donors (Lipinski definition) is 1. The van der Waals surface area contributed by atoms with Gasteiger partial charge in [-0.15, -0.1) is 0 Å². The lowest BCUT2D eigenvalue weighted by Crippen LogP contribution is -2.15. The molecule has 2 aromatic carbocycles. The number of aryl methyl sites for hydroxylation is 1. The molecular formula is C23H23N5OS. The van der Waals surface area contributed by atoms with Crippen LogP contribution < -0.4 is 5.32 Å². The van der Waals surface area contributed by atoms with Crippen molar-refractivity contribution >= 4 is 23.4 Å². The number of carbonyl (C=O) groups excluding carboxylic acids is 1. The Bertz CT molecular complexity index is 1170. The van der Waals surface area contributed by atoms with Crippen LogP contribution in [0.25, 0.3) is 16.9 Å². The van der Waals surface area contributed by atoms with Gasteiger partial charge in [0.25, 0.3) is 0 Å². The monoisotopic (exact) mass is 417 g/mol. The second kappa shape index (κ2) is 8.59. The van der Waals surface area contributed by atoms with E-state index in [1.165, 1.54) is 11.8 Å². The zero-order chi connectivity index (χ0) is 21.1. The molecule has 1 N–H and O–H groups in total. The summed E-state index contributed by atoms with van der Waals surface area (Å²) in [4.78, 5) is 17.1. The zero-order valence-corrected chi connectivity index (χ0v) is 18.0. The average Bonchev–Trinajstić information content (AvgIpc) is 3.27. The van der Waals surface area contributed by atoms with Crippen molar-refractivity contribution in [3.8, 4) is 16.9 Å². The van der Waals surface area contributed by atoms with Gasteiger partial charge in [0, 0.05) is 7.05 Å². The smallest absolute Gasteiger partial charge is 0.234 e. The lowest BCUT2D eigenvalue weighted by atomic mass is 10.2. The molecule has 0 spiro atoms. The van der Waals surface area contributed by atoms with Crippen LogP contribution in [0, 0.1) is 13.8 Å². The summed E-state index contributed by atoms with van der Waals surface area (Å²) in [5, 5.41) is 8.40. The van der Waals surface area contributed by atoms with Crippen molar-refractivity contribution in [1.82, 2.24) is 19.3 Å². The second-order valence-electron chi connectivity index (χ2n) is 6.98. The molecule has 0 unspecified atom stereocenters. The molecule has 0 aliphatic rings. The molecule has 0 atom stereocenters. The van der Waals surface area contributed by atoms with Crippen LogP contribution in [0.4, 0.5) is 5.69 Å². The van der Waals surface area contributed by atoms with E-state index in [2.05, 4.69) is 15.4 Å². The van der Waals surface area contributed by atoms with Crippen LogP contribution in [0.5, 0.6) is 0 Å². The van der Waals surface area contributed by atoms with Gasteiger partial charge in [0.15, 0.2) is 5.16 Å². The molecule has 0 fully saturated rings. The predicted octanol–water partition coefficient (Wildman–Crippen LogP) is 4.62. The molecule has 0 bridgehead atoms. The van der Waals surface area contributed by atoms with Gasteiger partial charge in [-0.1, -0.05) is 60.3 Å². The molecule has 30 heavy (non-hydrogen) atoms. The van der Waals surface area contributed by atoms with Crippen molar-refractivity contribution in [1.29, 1.82) is 0 Å². The van der Waals surface area contributed by atoms with Gasteiger partial charge < -0.3 is 9.88 Å². The molecule has 6 nitrogen and oxygen atoms in total. The maximum Gasteiger partial charge on any atom is 0.234 e. The Morgan fingerprint density at radius 3 is 2.40 bits per heavy atom. The fraction of sp³-hybridized carbons (Fsp3) is 0.174. The number of carbonyl (C=O) groups is 1. The van der Waals surface area contributed by atoms with Crippen LogP contribution in [0.3, 0.4) is 0 Å². The van der Waals surface area contributed by atoms with E-state index in [-0.39, 0.29) is 11.7 Å². The van der Waals surface area contributed by atoms with Crippen LogP contribution in [0.2, 0.25) is 0 Å². The molecule has 0 saturated carbocycles. The fourth-order valence-electron chi connectivity index (χ4n) is 3.35. The number of nitrogens with zero attached hydrogens (tertiary/aromatic N) is 4. The number of hydrogen-bond acceptors (Lipinski definition) is 4. The minimum Gasteiger partial charge on any atom is -0.322 e. The van der Waals surface area contributed by atoms with E-state index in [9.17, 15) is 4.79 Å². The molecule has 0 aliphatic heterocycles. The highest BCUT2D eigenvalue weighted by Crippen LogP contribution is 2.26. The Balaban J connectivity index is 1.44.